The summed E-state index contributed by atoms with van der Waals surface area (Å²) in [7, 11) is 6.32. The number of aromatic nitrogens is 4. The van der Waals surface area contributed by atoms with Crippen LogP contribution < -0.4 is 5.32 Å². The fraction of sp³-hybridized carbons (Fsp3) is 0.292. The molecule has 31 heavy (non-hydrogen) atoms. The second-order valence-electron chi connectivity index (χ2n) is 8.05. The number of likely N-dealkylation sites (N-methyl/N-ethyl adjacent to an activating group) is 2. The van der Waals surface area contributed by atoms with Gasteiger partial charge in [-0.1, -0.05) is 36.4 Å². The van der Waals surface area contributed by atoms with Crippen LogP contribution in [0.4, 0.5) is 5.82 Å². The Hall–Kier alpha value is -3.29. The molecule has 0 aliphatic carbocycles. The first-order valence-electron chi connectivity index (χ1n) is 10.5. The van der Waals surface area contributed by atoms with E-state index in [2.05, 4.69) is 70.6 Å². The summed E-state index contributed by atoms with van der Waals surface area (Å²) in [5.74, 6) is 0.912. The zero-order valence-corrected chi connectivity index (χ0v) is 18.4. The maximum Gasteiger partial charge on any atom is 0.162 e. The Morgan fingerprint density at radius 2 is 1.81 bits per heavy atom. The van der Waals surface area contributed by atoms with Crippen molar-refractivity contribution in [3.63, 3.8) is 0 Å². The predicted molar refractivity (Wildman–Crippen MR) is 125 cm³/mol. The zero-order chi connectivity index (χ0) is 21.6. The Bertz CT molecular complexity index is 1110. The number of nitrogens with one attached hydrogen (secondary N) is 1. The van der Waals surface area contributed by atoms with Gasteiger partial charge in [-0.3, -0.25) is 4.98 Å². The minimum Gasteiger partial charge on any atom is -0.366 e. The van der Waals surface area contributed by atoms with Crippen molar-refractivity contribution < 1.29 is 0 Å². The highest BCUT2D eigenvalue weighted by Crippen LogP contribution is 2.24. The third-order valence-corrected chi connectivity index (χ3v) is 5.18. The van der Waals surface area contributed by atoms with E-state index in [0.717, 1.165) is 53.5 Å². The molecule has 1 aromatic carbocycles. The number of nitrogens with zero attached hydrogens (tertiary/aromatic N) is 6. The molecule has 0 spiro atoms. The summed E-state index contributed by atoms with van der Waals surface area (Å²) < 4.78 is 1.90. The molecule has 0 aliphatic heterocycles. The van der Waals surface area contributed by atoms with Crippen molar-refractivity contribution in [1.29, 1.82) is 0 Å². The van der Waals surface area contributed by atoms with Crippen LogP contribution in [-0.4, -0.2) is 63.6 Å². The quantitative estimate of drug-likeness (QED) is 0.452. The lowest BCUT2D eigenvalue weighted by Gasteiger charge is -2.18. The number of rotatable bonds is 9. The third-order valence-electron chi connectivity index (χ3n) is 5.18. The highest BCUT2D eigenvalue weighted by atomic mass is 15.3. The van der Waals surface area contributed by atoms with Crippen molar-refractivity contribution in [1.82, 2.24) is 29.4 Å². The van der Waals surface area contributed by atoms with E-state index in [1.165, 1.54) is 0 Å². The molecule has 3 heterocycles. The van der Waals surface area contributed by atoms with Gasteiger partial charge in [0.2, 0.25) is 0 Å². The highest BCUT2D eigenvalue weighted by Gasteiger charge is 2.14. The van der Waals surface area contributed by atoms with Gasteiger partial charge in [-0.25, -0.2) is 4.98 Å². The fourth-order valence-electron chi connectivity index (χ4n) is 3.44. The van der Waals surface area contributed by atoms with Gasteiger partial charge < -0.3 is 15.1 Å². The van der Waals surface area contributed by atoms with E-state index in [4.69, 9.17) is 4.98 Å². The molecule has 1 N–H and O–H groups in total. The summed E-state index contributed by atoms with van der Waals surface area (Å²) in [6, 6.07) is 16.3. The number of pyridine rings is 1. The Morgan fingerprint density at radius 3 is 2.55 bits per heavy atom. The van der Waals surface area contributed by atoms with Gasteiger partial charge in [-0.15, -0.1) is 0 Å². The molecule has 0 fully saturated rings. The summed E-state index contributed by atoms with van der Waals surface area (Å²) >= 11 is 0. The van der Waals surface area contributed by atoms with Crippen LogP contribution in [0.1, 0.15) is 11.1 Å². The van der Waals surface area contributed by atoms with E-state index in [0.29, 0.717) is 6.54 Å². The minimum absolute atomic E-state index is 0.666. The van der Waals surface area contributed by atoms with Gasteiger partial charge in [0.1, 0.15) is 5.82 Å². The monoisotopic (exact) mass is 415 g/mol. The second kappa shape index (κ2) is 9.68. The maximum atomic E-state index is 4.98. The van der Waals surface area contributed by atoms with E-state index in [-0.39, 0.29) is 0 Å². The van der Waals surface area contributed by atoms with Gasteiger partial charge in [-0.05, 0) is 32.8 Å². The van der Waals surface area contributed by atoms with Crippen molar-refractivity contribution in [3.8, 4) is 11.3 Å². The first-order valence-corrected chi connectivity index (χ1v) is 10.5. The molecule has 4 rings (SSSR count). The lowest BCUT2D eigenvalue weighted by molar-refractivity contribution is 0.277. The first kappa shape index (κ1) is 21.0. The number of fused-ring (bicyclic) bond motifs is 1. The van der Waals surface area contributed by atoms with E-state index in [1.54, 1.807) is 6.20 Å². The van der Waals surface area contributed by atoms with Crippen molar-refractivity contribution >= 4 is 11.5 Å². The van der Waals surface area contributed by atoms with Crippen molar-refractivity contribution in [3.05, 3.63) is 78.2 Å². The minimum atomic E-state index is 0.666. The Balaban J connectivity index is 1.67. The largest absolute Gasteiger partial charge is 0.366 e. The molecule has 0 bridgehead atoms. The van der Waals surface area contributed by atoms with Crippen LogP contribution in [0.2, 0.25) is 0 Å². The third kappa shape index (κ3) is 5.25. The Kier molecular flexibility index (Phi) is 6.54. The van der Waals surface area contributed by atoms with E-state index in [9.17, 15) is 0 Å². The second-order valence-corrected chi connectivity index (χ2v) is 8.05. The Labute approximate surface area is 183 Å². The van der Waals surface area contributed by atoms with Gasteiger partial charge in [0.15, 0.2) is 5.65 Å². The van der Waals surface area contributed by atoms with E-state index in [1.807, 2.05) is 41.2 Å². The first-order chi connectivity index (χ1) is 15.1. The predicted octanol–water partition coefficient (Wildman–Crippen LogP) is 3.40. The average Bonchev–Trinajstić information content (AvgIpc) is 3.20. The summed E-state index contributed by atoms with van der Waals surface area (Å²) in [6.07, 6.45) is 5.59. The summed E-state index contributed by atoms with van der Waals surface area (Å²) in [5, 5.41) is 8.17. The molecule has 0 saturated heterocycles. The molecular formula is C24H29N7. The van der Waals surface area contributed by atoms with Gasteiger partial charge in [-0.2, -0.15) is 9.61 Å². The summed E-state index contributed by atoms with van der Waals surface area (Å²) in [5.41, 5.74) is 5.13. The molecule has 0 radical (unpaired) electrons. The van der Waals surface area contributed by atoms with E-state index < -0.39 is 0 Å². The topological polar surface area (TPSA) is 61.6 Å². The smallest absolute Gasteiger partial charge is 0.162 e. The lowest BCUT2D eigenvalue weighted by Crippen LogP contribution is -2.28. The van der Waals surface area contributed by atoms with Crippen LogP contribution in [0.15, 0.2) is 67.1 Å². The Morgan fingerprint density at radius 1 is 0.968 bits per heavy atom. The molecule has 7 heteroatoms. The SMILES string of the molecule is CN(C)CCN(C)Cc1cnn2c(NCc3cccnc3)cc(-c3ccccc3)nc12. The average molecular weight is 416 g/mol. The van der Waals surface area contributed by atoms with Gasteiger partial charge in [0.05, 0.1) is 11.9 Å². The molecule has 160 valence electrons. The van der Waals surface area contributed by atoms with Crippen molar-refractivity contribution in [2.75, 3.05) is 39.5 Å². The molecular weight excluding hydrogens is 386 g/mol. The van der Waals surface area contributed by atoms with Crippen molar-refractivity contribution in [2.45, 2.75) is 13.1 Å². The van der Waals surface area contributed by atoms with Crippen LogP contribution >= 0.6 is 0 Å². The van der Waals surface area contributed by atoms with Crippen LogP contribution in [-0.2, 0) is 13.1 Å². The van der Waals surface area contributed by atoms with Crippen LogP contribution in [0.25, 0.3) is 16.9 Å². The summed E-state index contributed by atoms with van der Waals surface area (Å²) in [4.78, 5) is 13.7. The van der Waals surface area contributed by atoms with Gasteiger partial charge >= 0.3 is 0 Å². The normalized spacial score (nSPS) is 11.5. The molecule has 0 aliphatic rings. The number of hydrogen-bond donors (Lipinski definition) is 1. The van der Waals surface area contributed by atoms with Crippen LogP contribution in [0.3, 0.4) is 0 Å². The van der Waals surface area contributed by atoms with Gasteiger partial charge in [0, 0.05) is 55.8 Å². The molecule has 0 atom stereocenters. The van der Waals surface area contributed by atoms with Crippen molar-refractivity contribution in [2.24, 2.45) is 0 Å². The van der Waals surface area contributed by atoms with Crippen LogP contribution in [0.5, 0.6) is 0 Å². The maximum absolute atomic E-state index is 4.98. The molecule has 3 aromatic heterocycles. The van der Waals surface area contributed by atoms with Crippen LogP contribution in [0, 0.1) is 0 Å². The summed E-state index contributed by atoms with van der Waals surface area (Å²) in [6.45, 7) is 3.45. The standard InChI is InChI=1S/C24H29N7/c1-29(2)12-13-30(3)18-21-17-27-31-23(26-16-19-8-7-11-25-15-19)14-22(28-24(21)31)20-9-5-4-6-10-20/h4-11,14-15,17,26H,12-13,16,18H2,1-3H3. The molecule has 0 amide bonds. The molecule has 0 unspecified atom stereocenters. The fourth-order valence-corrected chi connectivity index (χ4v) is 3.44. The number of benzene rings is 1. The number of anilines is 1. The highest BCUT2D eigenvalue weighted by molar-refractivity contribution is 5.67. The van der Waals surface area contributed by atoms with E-state index >= 15 is 0 Å². The zero-order valence-electron chi connectivity index (χ0n) is 18.4. The lowest BCUT2D eigenvalue weighted by atomic mass is 10.1. The van der Waals surface area contributed by atoms with Gasteiger partial charge in [0.25, 0.3) is 0 Å². The molecule has 4 aromatic rings. The molecule has 7 nitrogen and oxygen atoms in total. The molecule has 0 saturated carbocycles. The number of hydrogen-bond acceptors (Lipinski definition) is 6.